The molecule has 0 atom stereocenters. The Balaban J connectivity index is 2.50. The maximum absolute atomic E-state index is 4.99. The van der Waals surface area contributed by atoms with Gasteiger partial charge in [0, 0.05) is 12.4 Å². The van der Waals surface area contributed by atoms with E-state index in [2.05, 4.69) is 9.97 Å². The highest BCUT2D eigenvalue weighted by atomic mass is 16.5. The molecule has 0 unspecified atom stereocenters. The molecule has 58 valence electrons. The molecule has 1 heterocycles. The molecule has 1 rings (SSSR count). The van der Waals surface area contributed by atoms with Gasteiger partial charge >= 0.3 is 0 Å². The van der Waals surface area contributed by atoms with Crippen molar-refractivity contribution < 1.29 is 4.74 Å². The summed E-state index contributed by atoms with van der Waals surface area (Å²) in [5.74, 6) is 0. The number of nitrogens with zero attached hydrogens (tertiary/aromatic N) is 2. The highest BCUT2D eigenvalue weighted by Gasteiger charge is 1.83. The first-order chi connectivity index (χ1) is 5.43. The van der Waals surface area contributed by atoms with Crippen LogP contribution in [0.15, 0.2) is 24.9 Å². The Bertz CT molecular complexity index is 221. The molecule has 0 amide bonds. The quantitative estimate of drug-likeness (QED) is 0.612. The molecule has 0 saturated carbocycles. The molecule has 0 aliphatic carbocycles. The van der Waals surface area contributed by atoms with Crippen LogP contribution in [0.25, 0.3) is 6.08 Å². The molecule has 0 N–H and O–H groups in total. The van der Waals surface area contributed by atoms with Gasteiger partial charge in [-0.1, -0.05) is 0 Å². The van der Waals surface area contributed by atoms with Gasteiger partial charge in [0.05, 0.1) is 24.8 Å². The van der Waals surface area contributed by atoms with Crippen LogP contribution in [0.3, 0.4) is 0 Å². The SMILES string of the molecule is CCOC=Cc1cnccn1. The number of hydrogen-bond acceptors (Lipinski definition) is 3. The van der Waals surface area contributed by atoms with Crippen molar-refractivity contribution in [3.63, 3.8) is 0 Å². The van der Waals surface area contributed by atoms with Crippen molar-refractivity contribution in [3.05, 3.63) is 30.5 Å². The summed E-state index contributed by atoms with van der Waals surface area (Å²) < 4.78 is 4.99. The van der Waals surface area contributed by atoms with Crippen LogP contribution >= 0.6 is 0 Å². The third-order valence-corrected chi connectivity index (χ3v) is 1.08. The predicted molar refractivity (Wildman–Crippen MR) is 42.7 cm³/mol. The predicted octanol–water partition coefficient (Wildman–Crippen LogP) is 1.48. The molecular weight excluding hydrogens is 140 g/mol. The Hall–Kier alpha value is -1.38. The number of hydrogen-bond donors (Lipinski definition) is 0. The minimum Gasteiger partial charge on any atom is -0.501 e. The van der Waals surface area contributed by atoms with Crippen LogP contribution < -0.4 is 0 Å². The average Bonchev–Trinajstić information content (AvgIpc) is 2.07. The van der Waals surface area contributed by atoms with Gasteiger partial charge in [-0.05, 0) is 13.0 Å². The second-order valence-electron chi connectivity index (χ2n) is 1.89. The van der Waals surface area contributed by atoms with Crippen molar-refractivity contribution in [1.82, 2.24) is 9.97 Å². The Kier molecular flexibility index (Phi) is 3.12. The standard InChI is InChI=1S/C8H10N2O/c1-2-11-6-3-8-7-9-4-5-10-8/h3-7H,2H2,1H3. The van der Waals surface area contributed by atoms with Gasteiger partial charge in [0.1, 0.15) is 0 Å². The molecule has 0 bridgehead atoms. The second-order valence-corrected chi connectivity index (χ2v) is 1.89. The zero-order valence-corrected chi connectivity index (χ0v) is 6.40. The number of rotatable bonds is 3. The summed E-state index contributed by atoms with van der Waals surface area (Å²) in [4.78, 5) is 7.92. The van der Waals surface area contributed by atoms with Crippen LogP contribution in [0.5, 0.6) is 0 Å². The molecule has 3 heteroatoms. The molecule has 0 spiro atoms. The third-order valence-electron chi connectivity index (χ3n) is 1.08. The van der Waals surface area contributed by atoms with Gasteiger partial charge < -0.3 is 4.74 Å². The van der Waals surface area contributed by atoms with Gasteiger partial charge in [-0.15, -0.1) is 0 Å². The summed E-state index contributed by atoms with van der Waals surface area (Å²) in [6.07, 6.45) is 8.35. The van der Waals surface area contributed by atoms with Gasteiger partial charge in [0.2, 0.25) is 0 Å². The van der Waals surface area contributed by atoms with E-state index in [9.17, 15) is 0 Å². The minimum absolute atomic E-state index is 0.677. The molecule has 0 aromatic carbocycles. The van der Waals surface area contributed by atoms with E-state index in [1.807, 2.05) is 6.92 Å². The highest BCUT2D eigenvalue weighted by molar-refractivity contribution is 5.40. The number of ether oxygens (including phenoxy) is 1. The van der Waals surface area contributed by atoms with Crippen molar-refractivity contribution in [3.8, 4) is 0 Å². The molecule has 0 aliphatic heterocycles. The van der Waals surface area contributed by atoms with E-state index in [1.165, 1.54) is 0 Å². The molecule has 0 saturated heterocycles. The summed E-state index contributed by atoms with van der Waals surface area (Å²) in [6.45, 7) is 2.61. The summed E-state index contributed by atoms with van der Waals surface area (Å²) in [7, 11) is 0. The van der Waals surface area contributed by atoms with Crippen LogP contribution in [0.1, 0.15) is 12.6 Å². The molecule has 0 radical (unpaired) electrons. The maximum Gasteiger partial charge on any atom is 0.0850 e. The Morgan fingerprint density at radius 1 is 1.55 bits per heavy atom. The minimum atomic E-state index is 0.677. The lowest BCUT2D eigenvalue weighted by atomic mass is 10.4. The van der Waals surface area contributed by atoms with Gasteiger partial charge in [-0.2, -0.15) is 0 Å². The first-order valence-corrected chi connectivity index (χ1v) is 3.47. The van der Waals surface area contributed by atoms with Crippen LogP contribution in [-0.2, 0) is 4.74 Å². The Morgan fingerprint density at radius 3 is 3.09 bits per heavy atom. The summed E-state index contributed by atoms with van der Waals surface area (Å²) in [6, 6.07) is 0. The Labute approximate surface area is 65.8 Å². The maximum atomic E-state index is 4.99. The lowest BCUT2D eigenvalue weighted by Gasteiger charge is -1.91. The van der Waals surface area contributed by atoms with E-state index in [-0.39, 0.29) is 0 Å². The molecule has 0 aliphatic rings. The third kappa shape index (κ3) is 2.80. The smallest absolute Gasteiger partial charge is 0.0850 e. The molecule has 1 aromatic heterocycles. The van der Waals surface area contributed by atoms with Crippen LogP contribution in [-0.4, -0.2) is 16.6 Å². The van der Waals surface area contributed by atoms with Crippen molar-refractivity contribution in [1.29, 1.82) is 0 Å². The lowest BCUT2D eigenvalue weighted by Crippen LogP contribution is -1.81. The number of aromatic nitrogens is 2. The van der Waals surface area contributed by atoms with E-state index < -0.39 is 0 Å². The fourth-order valence-corrected chi connectivity index (χ4v) is 0.611. The molecule has 3 nitrogen and oxygen atoms in total. The lowest BCUT2D eigenvalue weighted by molar-refractivity contribution is 0.272. The normalized spacial score (nSPS) is 10.3. The molecular formula is C8H10N2O. The van der Waals surface area contributed by atoms with Crippen molar-refractivity contribution >= 4 is 6.08 Å². The Morgan fingerprint density at radius 2 is 2.45 bits per heavy atom. The van der Waals surface area contributed by atoms with Gasteiger partial charge in [-0.25, -0.2) is 0 Å². The van der Waals surface area contributed by atoms with Crippen LogP contribution in [0, 0.1) is 0 Å². The fourth-order valence-electron chi connectivity index (χ4n) is 0.611. The first kappa shape index (κ1) is 7.72. The van der Waals surface area contributed by atoms with Gasteiger partial charge in [0.15, 0.2) is 0 Å². The fraction of sp³-hybridized carbons (Fsp3) is 0.250. The van der Waals surface area contributed by atoms with Gasteiger partial charge in [-0.3, -0.25) is 9.97 Å². The average molecular weight is 150 g/mol. The molecule has 1 aromatic rings. The first-order valence-electron chi connectivity index (χ1n) is 3.47. The highest BCUT2D eigenvalue weighted by Crippen LogP contribution is 1.93. The summed E-state index contributed by atoms with van der Waals surface area (Å²) in [5.41, 5.74) is 0.806. The summed E-state index contributed by atoms with van der Waals surface area (Å²) >= 11 is 0. The van der Waals surface area contributed by atoms with E-state index >= 15 is 0 Å². The zero-order chi connectivity index (χ0) is 7.94. The van der Waals surface area contributed by atoms with Crippen molar-refractivity contribution in [2.45, 2.75) is 6.92 Å². The van der Waals surface area contributed by atoms with Crippen molar-refractivity contribution in [2.24, 2.45) is 0 Å². The monoisotopic (exact) mass is 150 g/mol. The van der Waals surface area contributed by atoms with E-state index in [4.69, 9.17) is 4.74 Å². The van der Waals surface area contributed by atoms with Crippen molar-refractivity contribution in [2.75, 3.05) is 6.61 Å². The van der Waals surface area contributed by atoms with Crippen LogP contribution in [0.2, 0.25) is 0 Å². The zero-order valence-electron chi connectivity index (χ0n) is 6.40. The summed E-state index contributed by atoms with van der Waals surface area (Å²) in [5, 5.41) is 0. The second kappa shape index (κ2) is 4.44. The van der Waals surface area contributed by atoms with E-state index in [1.54, 1.807) is 30.9 Å². The molecule has 0 fully saturated rings. The van der Waals surface area contributed by atoms with Gasteiger partial charge in [0.25, 0.3) is 0 Å². The van der Waals surface area contributed by atoms with Crippen LogP contribution in [0.4, 0.5) is 0 Å². The topological polar surface area (TPSA) is 35.0 Å². The largest absolute Gasteiger partial charge is 0.501 e. The van der Waals surface area contributed by atoms with E-state index in [0.717, 1.165) is 5.69 Å². The molecule has 11 heavy (non-hydrogen) atoms. The van der Waals surface area contributed by atoms with E-state index in [0.29, 0.717) is 6.61 Å².